The summed E-state index contributed by atoms with van der Waals surface area (Å²) in [5, 5.41) is 20.9. The van der Waals surface area contributed by atoms with Crippen LogP contribution in [-0.2, 0) is 0 Å². The average Bonchev–Trinajstić information content (AvgIpc) is 2.38. The molecule has 0 aliphatic rings. The molecule has 0 unspecified atom stereocenters. The van der Waals surface area contributed by atoms with Crippen molar-refractivity contribution in [1.82, 2.24) is 0 Å². The molecule has 0 heterocycles. The lowest BCUT2D eigenvalue weighted by Crippen LogP contribution is -2.32. The molecule has 0 spiro atoms. The van der Waals surface area contributed by atoms with Gasteiger partial charge in [-0.3, -0.25) is 4.79 Å². The lowest BCUT2D eigenvalue weighted by Gasteiger charge is -2.08. The van der Waals surface area contributed by atoms with E-state index in [9.17, 15) is 9.18 Å². The SMILES string of the molecule is O=C(Nc1cccc(F)c1)c1ccc(Cl)c(B(O)O)c1. The predicted molar refractivity (Wildman–Crippen MR) is 75.6 cm³/mol. The molecule has 1 amide bonds. The second-order valence-electron chi connectivity index (χ2n) is 4.07. The van der Waals surface area contributed by atoms with E-state index in [1.165, 1.54) is 36.4 Å². The fourth-order valence-electron chi connectivity index (χ4n) is 1.65. The normalized spacial score (nSPS) is 10.2. The fraction of sp³-hybridized carbons (Fsp3) is 0. The van der Waals surface area contributed by atoms with Gasteiger partial charge >= 0.3 is 7.12 Å². The first-order valence-electron chi connectivity index (χ1n) is 5.70. The second-order valence-corrected chi connectivity index (χ2v) is 4.48. The highest BCUT2D eigenvalue weighted by atomic mass is 35.5. The van der Waals surface area contributed by atoms with Crippen LogP contribution in [-0.4, -0.2) is 23.1 Å². The molecule has 2 aromatic carbocycles. The Balaban J connectivity index is 2.23. The van der Waals surface area contributed by atoms with E-state index in [1.807, 2.05) is 0 Å². The molecule has 0 aliphatic carbocycles. The van der Waals surface area contributed by atoms with Gasteiger partial charge in [0.1, 0.15) is 5.82 Å². The third kappa shape index (κ3) is 3.36. The number of anilines is 1. The number of benzene rings is 2. The third-order valence-corrected chi connectivity index (χ3v) is 2.96. The molecular formula is C13H10BClFNO3. The predicted octanol–water partition coefficient (Wildman–Crippen LogP) is 1.41. The molecule has 0 radical (unpaired) electrons. The number of nitrogens with one attached hydrogen (secondary N) is 1. The molecule has 3 N–H and O–H groups in total. The van der Waals surface area contributed by atoms with Gasteiger partial charge in [-0.2, -0.15) is 0 Å². The number of carbonyl (C=O) groups excluding carboxylic acids is 1. The minimum atomic E-state index is -1.77. The topological polar surface area (TPSA) is 69.6 Å². The van der Waals surface area contributed by atoms with Crippen LogP contribution in [0.5, 0.6) is 0 Å². The van der Waals surface area contributed by atoms with Gasteiger partial charge in [-0.25, -0.2) is 4.39 Å². The average molecular weight is 293 g/mol. The van der Waals surface area contributed by atoms with Crippen LogP contribution in [0.15, 0.2) is 42.5 Å². The van der Waals surface area contributed by atoms with Crippen LogP contribution in [0, 0.1) is 5.82 Å². The first-order valence-corrected chi connectivity index (χ1v) is 6.07. The van der Waals surface area contributed by atoms with E-state index in [0.717, 1.165) is 0 Å². The van der Waals surface area contributed by atoms with Crippen molar-refractivity contribution < 1.29 is 19.2 Å². The quantitative estimate of drug-likeness (QED) is 0.750. The van der Waals surface area contributed by atoms with Crippen molar-refractivity contribution in [3.8, 4) is 0 Å². The van der Waals surface area contributed by atoms with Gasteiger partial charge in [0.15, 0.2) is 0 Å². The van der Waals surface area contributed by atoms with Crippen LogP contribution in [0.3, 0.4) is 0 Å². The van der Waals surface area contributed by atoms with Gasteiger partial charge in [0.25, 0.3) is 5.91 Å². The summed E-state index contributed by atoms with van der Waals surface area (Å²) in [6.45, 7) is 0. The third-order valence-electron chi connectivity index (χ3n) is 2.62. The number of rotatable bonds is 3. The highest BCUT2D eigenvalue weighted by Crippen LogP contribution is 2.13. The van der Waals surface area contributed by atoms with Gasteiger partial charge in [-0.1, -0.05) is 17.7 Å². The molecule has 0 bridgehead atoms. The van der Waals surface area contributed by atoms with Crippen LogP contribution in [0.4, 0.5) is 10.1 Å². The van der Waals surface area contributed by atoms with Gasteiger partial charge < -0.3 is 15.4 Å². The van der Waals surface area contributed by atoms with Gasteiger partial charge in [0, 0.05) is 21.7 Å². The zero-order valence-corrected chi connectivity index (χ0v) is 10.9. The maximum Gasteiger partial charge on any atom is 0.489 e. The standard InChI is InChI=1S/C13H10BClFNO3/c15-12-5-4-8(6-11(12)14(19)20)13(18)17-10-3-1-2-9(16)7-10/h1-7,19-20H,(H,17,18). The van der Waals surface area contributed by atoms with Crippen molar-refractivity contribution in [2.75, 3.05) is 5.32 Å². The molecule has 2 rings (SSSR count). The van der Waals surface area contributed by atoms with Gasteiger partial charge in [-0.05, 0) is 36.4 Å². The van der Waals surface area contributed by atoms with E-state index in [1.54, 1.807) is 6.07 Å². The lowest BCUT2D eigenvalue weighted by molar-refractivity contribution is 0.102. The molecule has 4 nitrogen and oxygen atoms in total. The molecular weight excluding hydrogens is 283 g/mol. The zero-order valence-electron chi connectivity index (χ0n) is 10.2. The summed E-state index contributed by atoms with van der Waals surface area (Å²) in [5.41, 5.74) is 0.511. The van der Waals surface area contributed by atoms with E-state index in [-0.39, 0.29) is 16.0 Å². The van der Waals surface area contributed by atoms with Crippen molar-refractivity contribution in [3.63, 3.8) is 0 Å². The maximum atomic E-state index is 13.0. The highest BCUT2D eigenvalue weighted by Gasteiger charge is 2.17. The van der Waals surface area contributed by atoms with E-state index in [4.69, 9.17) is 21.6 Å². The molecule has 20 heavy (non-hydrogen) atoms. The summed E-state index contributed by atoms with van der Waals surface area (Å²) in [4.78, 5) is 12.0. The highest BCUT2D eigenvalue weighted by molar-refractivity contribution is 6.62. The van der Waals surface area contributed by atoms with Gasteiger partial charge in [0.2, 0.25) is 0 Å². The monoisotopic (exact) mass is 293 g/mol. The van der Waals surface area contributed by atoms with Crippen LogP contribution >= 0.6 is 11.6 Å². The number of hydrogen-bond donors (Lipinski definition) is 3. The van der Waals surface area contributed by atoms with Crippen LogP contribution < -0.4 is 10.8 Å². The molecule has 0 saturated carbocycles. The molecule has 0 aromatic heterocycles. The largest absolute Gasteiger partial charge is 0.489 e. The molecule has 0 saturated heterocycles. The van der Waals surface area contributed by atoms with E-state index in [2.05, 4.69) is 5.32 Å². The molecule has 102 valence electrons. The number of carbonyl (C=O) groups is 1. The van der Waals surface area contributed by atoms with Crippen molar-refractivity contribution in [1.29, 1.82) is 0 Å². The van der Waals surface area contributed by atoms with E-state index >= 15 is 0 Å². The van der Waals surface area contributed by atoms with Crippen LogP contribution in [0.1, 0.15) is 10.4 Å². The van der Waals surface area contributed by atoms with Crippen molar-refractivity contribution in [2.24, 2.45) is 0 Å². The number of halogens is 2. The van der Waals surface area contributed by atoms with Crippen LogP contribution in [0.25, 0.3) is 0 Å². The fourth-order valence-corrected chi connectivity index (χ4v) is 1.87. The smallest absolute Gasteiger partial charge is 0.423 e. The number of amides is 1. The first-order chi connectivity index (χ1) is 9.47. The van der Waals surface area contributed by atoms with Gasteiger partial charge in [-0.15, -0.1) is 0 Å². The number of hydrogen-bond acceptors (Lipinski definition) is 3. The molecule has 2 aromatic rings. The summed E-state index contributed by atoms with van der Waals surface area (Å²) in [6, 6.07) is 9.53. The summed E-state index contributed by atoms with van der Waals surface area (Å²) >= 11 is 5.78. The Hall–Kier alpha value is -1.89. The maximum absolute atomic E-state index is 13.0. The second kappa shape index (κ2) is 6.05. The van der Waals surface area contributed by atoms with Crippen molar-refractivity contribution >= 4 is 35.8 Å². The molecule has 7 heteroatoms. The van der Waals surface area contributed by atoms with Gasteiger partial charge in [0.05, 0.1) is 0 Å². The Morgan fingerprint density at radius 3 is 2.60 bits per heavy atom. The van der Waals surface area contributed by atoms with E-state index < -0.39 is 18.8 Å². The van der Waals surface area contributed by atoms with Crippen molar-refractivity contribution in [2.45, 2.75) is 0 Å². The summed E-state index contributed by atoms with van der Waals surface area (Å²) in [6.07, 6.45) is 0. The summed E-state index contributed by atoms with van der Waals surface area (Å²) in [5.74, 6) is -0.973. The lowest BCUT2D eigenvalue weighted by atomic mass is 9.79. The zero-order chi connectivity index (χ0) is 14.7. The molecule has 0 atom stereocenters. The Morgan fingerprint density at radius 1 is 1.20 bits per heavy atom. The minimum absolute atomic E-state index is 0.0264. The van der Waals surface area contributed by atoms with Crippen molar-refractivity contribution in [3.05, 3.63) is 58.9 Å². The minimum Gasteiger partial charge on any atom is -0.423 e. The summed E-state index contributed by atoms with van der Waals surface area (Å²) < 4.78 is 13.0. The molecule has 0 fully saturated rings. The Morgan fingerprint density at radius 2 is 1.95 bits per heavy atom. The van der Waals surface area contributed by atoms with Crippen LogP contribution in [0.2, 0.25) is 5.02 Å². The Labute approximate surface area is 120 Å². The summed E-state index contributed by atoms with van der Waals surface area (Å²) in [7, 11) is -1.77. The van der Waals surface area contributed by atoms with E-state index in [0.29, 0.717) is 5.69 Å². The molecule has 0 aliphatic heterocycles. The Kier molecular flexibility index (Phi) is 4.39. The first kappa shape index (κ1) is 14.5. The Bertz CT molecular complexity index is 651.